The molecule has 0 unspecified atom stereocenters. The van der Waals surface area contributed by atoms with Gasteiger partial charge in [0, 0.05) is 12.1 Å². The van der Waals surface area contributed by atoms with Gasteiger partial charge in [0.2, 0.25) is 0 Å². The van der Waals surface area contributed by atoms with E-state index in [1.807, 2.05) is 0 Å². The molecule has 0 amide bonds. The number of hydrogen-bond donors (Lipinski definition) is 1. The lowest BCUT2D eigenvalue weighted by atomic mass is 10.0. The molecular formula is C17H31N3O. The number of aryl methyl sites for hydroxylation is 1. The summed E-state index contributed by atoms with van der Waals surface area (Å²) in [5.41, 5.74) is 1.26. The third-order valence-corrected chi connectivity index (χ3v) is 4.46. The molecule has 0 aliphatic carbocycles. The first-order chi connectivity index (χ1) is 9.95. The van der Waals surface area contributed by atoms with E-state index in [-0.39, 0.29) is 0 Å². The molecule has 4 heteroatoms. The van der Waals surface area contributed by atoms with Crippen LogP contribution >= 0.6 is 0 Å². The van der Waals surface area contributed by atoms with Crippen molar-refractivity contribution in [3.05, 3.63) is 23.2 Å². The zero-order valence-electron chi connectivity index (χ0n) is 14.3. The maximum atomic E-state index is 6.03. The Morgan fingerprint density at radius 2 is 2.05 bits per heavy atom. The zero-order chi connectivity index (χ0) is 15.4. The smallest absolute Gasteiger partial charge is 0.120 e. The zero-order valence-corrected chi connectivity index (χ0v) is 14.3. The maximum Gasteiger partial charge on any atom is 0.120 e. The van der Waals surface area contributed by atoms with Crippen molar-refractivity contribution >= 4 is 0 Å². The Kier molecular flexibility index (Phi) is 5.85. The second-order valence-corrected chi connectivity index (χ2v) is 6.80. The highest BCUT2D eigenvalue weighted by Crippen LogP contribution is 2.20. The van der Waals surface area contributed by atoms with Crippen LogP contribution in [0.4, 0.5) is 0 Å². The predicted octanol–water partition coefficient (Wildman–Crippen LogP) is 2.61. The second kappa shape index (κ2) is 7.43. The summed E-state index contributed by atoms with van der Waals surface area (Å²) in [7, 11) is 4.43. The average Bonchev–Trinajstić information content (AvgIpc) is 2.77. The van der Waals surface area contributed by atoms with Crippen LogP contribution in [0.5, 0.6) is 0 Å². The number of hydrogen-bond acceptors (Lipinski definition) is 4. The summed E-state index contributed by atoms with van der Waals surface area (Å²) >= 11 is 0. The number of furan rings is 1. The van der Waals surface area contributed by atoms with Gasteiger partial charge < -0.3 is 14.6 Å². The molecule has 21 heavy (non-hydrogen) atoms. The number of rotatable bonds is 6. The van der Waals surface area contributed by atoms with Gasteiger partial charge in [-0.1, -0.05) is 13.8 Å². The van der Waals surface area contributed by atoms with Crippen LogP contribution in [0.25, 0.3) is 0 Å². The highest BCUT2D eigenvalue weighted by atomic mass is 16.3. The molecule has 1 N–H and O–H groups in total. The Hall–Kier alpha value is -0.840. The summed E-state index contributed by atoms with van der Waals surface area (Å²) in [4.78, 5) is 4.86. The first-order valence-electron chi connectivity index (χ1n) is 8.16. The molecule has 0 saturated carbocycles. The van der Waals surface area contributed by atoms with Gasteiger partial charge in [0.15, 0.2) is 0 Å². The van der Waals surface area contributed by atoms with Crippen molar-refractivity contribution in [1.29, 1.82) is 0 Å². The van der Waals surface area contributed by atoms with E-state index in [1.54, 1.807) is 0 Å². The van der Waals surface area contributed by atoms with Gasteiger partial charge in [0.1, 0.15) is 11.5 Å². The molecule has 120 valence electrons. The van der Waals surface area contributed by atoms with Crippen LogP contribution < -0.4 is 5.32 Å². The lowest BCUT2D eigenvalue weighted by Crippen LogP contribution is -2.41. The first-order valence-corrected chi connectivity index (χ1v) is 8.16. The van der Waals surface area contributed by atoms with Gasteiger partial charge in [-0.15, -0.1) is 0 Å². The van der Waals surface area contributed by atoms with Crippen molar-refractivity contribution in [2.45, 2.75) is 58.8 Å². The van der Waals surface area contributed by atoms with E-state index in [2.05, 4.69) is 56.0 Å². The molecule has 1 aromatic rings. The molecule has 0 aromatic carbocycles. The number of nitrogens with zero attached hydrogens (tertiary/aromatic N) is 2. The summed E-state index contributed by atoms with van der Waals surface area (Å²) in [5.74, 6) is 2.17. The summed E-state index contributed by atoms with van der Waals surface area (Å²) in [5, 5.41) is 3.42. The first kappa shape index (κ1) is 16.5. The van der Waals surface area contributed by atoms with Gasteiger partial charge in [-0.2, -0.15) is 0 Å². The number of likely N-dealkylation sites (tertiary alicyclic amines) is 1. The van der Waals surface area contributed by atoms with Crippen molar-refractivity contribution in [3.63, 3.8) is 0 Å². The minimum Gasteiger partial charge on any atom is -0.463 e. The summed E-state index contributed by atoms with van der Waals surface area (Å²) in [6.45, 7) is 10.6. The fourth-order valence-electron chi connectivity index (χ4n) is 2.95. The van der Waals surface area contributed by atoms with Crippen LogP contribution in [0.15, 0.2) is 10.5 Å². The fourth-order valence-corrected chi connectivity index (χ4v) is 2.95. The molecule has 0 atom stereocenters. The Morgan fingerprint density at radius 3 is 2.67 bits per heavy atom. The molecule has 0 radical (unpaired) electrons. The molecule has 1 fully saturated rings. The minimum atomic E-state index is 0.486. The van der Waals surface area contributed by atoms with E-state index >= 15 is 0 Å². The highest BCUT2D eigenvalue weighted by molar-refractivity contribution is 5.20. The van der Waals surface area contributed by atoms with Gasteiger partial charge in [0.05, 0.1) is 13.1 Å². The number of piperidine rings is 1. The SMILES string of the molecule is Cc1cc(CN(C)C2CCN(C)CC2)oc1CNC(C)C. The van der Waals surface area contributed by atoms with Gasteiger partial charge in [-0.3, -0.25) is 4.90 Å². The van der Waals surface area contributed by atoms with E-state index in [9.17, 15) is 0 Å². The van der Waals surface area contributed by atoms with Crippen LogP contribution in [0.3, 0.4) is 0 Å². The number of nitrogens with one attached hydrogen (secondary N) is 1. The van der Waals surface area contributed by atoms with Gasteiger partial charge in [0.25, 0.3) is 0 Å². The van der Waals surface area contributed by atoms with Crippen LogP contribution in [0, 0.1) is 6.92 Å². The predicted molar refractivity (Wildman–Crippen MR) is 87.4 cm³/mol. The maximum absolute atomic E-state index is 6.03. The Labute approximate surface area is 129 Å². The largest absolute Gasteiger partial charge is 0.463 e. The quantitative estimate of drug-likeness (QED) is 0.874. The van der Waals surface area contributed by atoms with Crippen molar-refractivity contribution < 1.29 is 4.42 Å². The fraction of sp³-hybridized carbons (Fsp3) is 0.765. The molecule has 0 spiro atoms. The average molecular weight is 293 g/mol. The van der Waals surface area contributed by atoms with E-state index in [0.29, 0.717) is 12.1 Å². The van der Waals surface area contributed by atoms with Crippen molar-refractivity contribution in [2.24, 2.45) is 0 Å². The van der Waals surface area contributed by atoms with Gasteiger partial charge in [-0.05, 0) is 58.6 Å². The van der Waals surface area contributed by atoms with Crippen LogP contribution in [-0.4, -0.2) is 49.1 Å². The highest BCUT2D eigenvalue weighted by Gasteiger charge is 2.21. The van der Waals surface area contributed by atoms with Gasteiger partial charge >= 0.3 is 0 Å². The van der Waals surface area contributed by atoms with Crippen molar-refractivity contribution in [1.82, 2.24) is 15.1 Å². The Morgan fingerprint density at radius 1 is 1.38 bits per heavy atom. The standard InChI is InChI=1S/C17H31N3O/c1-13(2)18-11-17-14(3)10-16(21-17)12-20(5)15-6-8-19(4)9-7-15/h10,13,15,18H,6-9,11-12H2,1-5H3. The Bertz CT molecular complexity index is 433. The van der Waals surface area contributed by atoms with E-state index < -0.39 is 0 Å². The summed E-state index contributed by atoms with van der Waals surface area (Å²) < 4.78 is 6.03. The topological polar surface area (TPSA) is 31.6 Å². The minimum absolute atomic E-state index is 0.486. The normalized spacial score (nSPS) is 18.0. The lowest BCUT2D eigenvalue weighted by molar-refractivity contribution is 0.132. The van der Waals surface area contributed by atoms with E-state index in [4.69, 9.17) is 4.42 Å². The third kappa shape index (κ3) is 4.83. The van der Waals surface area contributed by atoms with Crippen molar-refractivity contribution in [3.8, 4) is 0 Å². The Balaban J connectivity index is 1.88. The summed E-state index contributed by atoms with van der Waals surface area (Å²) in [6.07, 6.45) is 2.52. The molecular weight excluding hydrogens is 262 g/mol. The summed E-state index contributed by atoms with van der Waals surface area (Å²) in [6, 6.07) is 3.37. The second-order valence-electron chi connectivity index (χ2n) is 6.80. The molecule has 2 heterocycles. The molecule has 4 nitrogen and oxygen atoms in total. The third-order valence-electron chi connectivity index (χ3n) is 4.46. The molecule has 1 saturated heterocycles. The van der Waals surface area contributed by atoms with E-state index in [0.717, 1.165) is 24.6 Å². The van der Waals surface area contributed by atoms with Crippen LogP contribution in [-0.2, 0) is 13.1 Å². The van der Waals surface area contributed by atoms with Gasteiger partial charge in [-0.25, -0.2) is 0 Å². The van der Waals surface area contributed by atoms with Crippen LogP contribution in [0.2, 0.25) is 0 Å². The van der Waals surface area contributed by atoms with E-state index in [1.165, 1.54) is 31.5 Å². The molecule has 1 aliphatic heterocycles. The molecule has 2 rings (SSSR count). The monoisotopic (exact) mass is 293 g/mol. The molecule has 1 aliphatic rings. The molecule has 1 aromatic heterocycles. The van der Waals surface area contributed by atoms with Crippen LogP contribution in [0.1, 0.15) is 43.8 Å². The molecule has 0 bridgehead atoms. The lowest BCUT2D eigenvalue weighted by Gasteiger charge is -2.34. The van der Waals surface area contributed by atoms with Crippen molar-refractivity contribution in [2.75, 3.05) is 27.2 Å².